The van der Waals surface area contributed by atoms with Crippen LogP contribution < -0.4 is 5.32 Å². The Morgan fingerprint density at radius 1 is 1.30 bits per heavy atom. The molecule has 0 unspecified atom stereocenters. The monoisotopic (exact) mass is 312 g/mol. The summed E-state index contributed by atoms with van der Waals surface area (Å²) >= 11 is 0. The minimum atomic E-state index is 0.0647. The van der Waals surface area contributed by atoms with Gasteiger partial charge in [-0.3, -0.25) is 14.8 Å². The molecule has 1 amide bonds. The predicted molar refractivity (Wildman–Crippen MR) is 86.9 cm³/mol. The zero-order valence-electron chi connectivity index (χ0n) is 13.4. The van der Waals surface area contributed by atoms with E-state index in [1.54, 1.807) is 18.6 Å². The molecule has 3 rings (SSSR count). The molecule has 0 aromatic carbocycles. The van der Waals surface area contributed by atoms with Gasteiger partial charge in [-0.25, -0.2) is 4.98 Å². The van der Waals surface area contributed by atoms with Crippen LogP contribution in [-0.4, -0.2) is 57.8 Å². The molecule has 1 N–H and O–H groups in total. The third-order valence-electron chi connectivity index (χ3n) is 3.72. The SMILES string of the molecule is CN(C)CCN1Cc2nc(NCc3cnccn3)ccc2C1=O. The first kappa shape index (κ1) is 15.4. The number of pyridine rings is 1. The van der Waals surface area contributed by atoms with Crippen LogP contribution >= 0.6 is 0 Å². The number of hydrogen-bond donors (Lipinski definition) is 1. The summed E-state index contributed by atoms with van der Waals surface area (Å²) in [4.78, 5) is 29.0. The molecule has 0 spiro atoms. The van der Waals surface area contributed by atoms with E-state index in [-0.39, 0.29) is 5.91 Å². The molecular weight excluding hydrogens is 292 g/mol. The lowest BCUT2D eigenvalue weighted by molar-refractivity contribution is 0.0768. The van der Waals surface area contributed by atoms with Crippen LogP contribution in [-0.2, 0) is 13.1 Å². The lowest BCUT2D eigenvalue weighted by atomic mass is 10.2. The molecule has 2 aromatic rings. The van der Waals surface area contributed by atoms with Crippen molar-refractivity contribution in [3.63, 3.8) is 0 Å². The minimum absolute atomic E-state index is 0.0647. The van der Waals surface area contributed by atoms with Crippen molar-refractivity contribution in [1.29, 1.82) is 0 Å². The Kier molecular flexibility index (Phi) is 4.47. The van der Waals surface area contributed by atoms with Crippen molar-refractivity contribution < 1.29 is 4.79 Å². The topological polar surface area (TPSA) is 74.2 Å². The highest BCUT2D eigenvalue weighted by Gasteiger charge is 2.28. The second-order valence-corrected chi connectivity index (χ2v) is 5.77. The first-order valence-electron chi connectivity index (χ1n) is 7.56. The molecule has 0 radical (unpaired) electrons. The van der Waals surface area contributed by atoms with E-state index >= 15 is 0 Å². The van der Waals surface area contributed by atoms with Crippen LogP contribution in [0.5, 0.6) is 0 Å². The van der Waals surface area contributed by atoms with Crippen LogP contribution in [0.15, 0.2) is 30.7 Å². The molecule has 0 aliphatic carbocycles. The van der Waals surface area contributed by atoms with Crippen molar-refractivity contribution in [2.45, 2.75) is 13.1 Å². The average Bonchev–Trinajstić information content (AvgIpc) is 2.87. The van der Waals surface area contributed by atoms with Crippen LogP contribution in [0, 0.1) is 0 Å². The van der Waals surface area contributed by atoms with Crippen LogP contribution in [0.1, 0.15) is 21.7 Å². The molecule has 0 bridgehead atoms. The van der Waals surface area contributed by atoms with Crippen molar-refractivity contribution in [3.8, 4) is 0 Å². The Labute approximate surface area is 135 Å². The van der Waals surface area contributed by atoms with Gasteiger partial charge in [-0.05, 0) is 26.2 Å². The van der Waals surface area contributed by atoms with E-state index in [0.717, 1.165) is 23.8 Å². The van der Waals surface area contributed by atoms with Crippen molar-refractivity contribution in [2.24, 2.45) is 0 Å². The zero-order chi connectivity index (χ0) is 16.2. The van der Waals surface area contributed by atoms with Crippen LogP contribution in [0.2, 0.25) is 0 Å². The fraction of sp³-hybridized carbons (Fsp3) is 0.375. The van der Waals surface area contributed by atoms with Gasteiger partial charge in [0, 0.05) is 25.5 Å². The number of likely N-dealkylation sites (N-methyl/N-ethyl adjacent to an activating group) is 1. The quantitative estimate of drug-likeness (QED) is 0.858. The molecule has 0 atom stereocenters. The molecule has 2 aromatic heterocycles. The highest BCUT2D eigenvalue weighted by molar-refractivity contribution is 5.98. The van der Waals surface area contributed by atoms with Crippen molar-refractivity contribution >= 4 is 11.7 Å². The summed E-state index contributed by atoms with van der Waals surface area (Å²) in [6.45, 7) is 2.68. The highest BCUT2D eigenvalue weighted by atomic mass is 16.2. The second kappa shape index (κ2) is 6.70. The van der Waals surface area contributed by atoms with Crippen molar-refractivity contribution in [3.05, 3.63) is 47.7 Å². The Hall–Kier alpha value is -2.54. The number of fused-ring (bicyclic) bond motifs is 1. The van der Waals surface area contributed by atoms with E-state index in [1.165, 1.54) is 0 Å². The third kappa shape index (κ3) is 3.62. The van der Waals surface area contributed by atoms with Gasteiger partial charge in [0.1, 0.15) is 5.82 Å². The zero-order valence-corrected chi connectivity index (χ0v) is 13.4. The number of aromatic nitrogens is 3. The average molecular weight is 312 g/mol. The molecule has 7 nitrogen and oxygen atoms in total. The largest absolute Gasteiger partial charge is 0.364 e. The molecule has 3 heterocycles. The lowest BCUT2D eigenvalue weighted by Gasteiger charge is -2.18. The highest BCUT2D eigenvalue weighted by Crippen LogP contribution is 2.22. The maximum Gasteiger partial charge on any atom is 0.256 e. The van der Waals surface area contributed by atoms with Crippen LogP contribution in [0.25, 0.3) is 0 Å². The first-order chi connectivity index (χ1) is 11.1. The normalized spacial score (nSPS) is 13.5. The predicted octanol–water partition coefficient (Wildman–Crippen LogP) is 1.00. The van der Waals surface area contributed by atoms with Gasteiger partial charge in [0.15, 0.2) is 0 Å². The molecule has 120 valence electrons. The Balaban J connectivity index is 1.65. The summed E-state index contributed by atoms with van der Waals surface area (Å²) in [5.74, 6) is 0.812. The molecule has 23 heavy (non-hydrogen) atoms. The Morgan fingerprint density at radius 2 is 2.17 bits per heavy atom. The van der Waals surface area contributed by atoms with Gasteiger partial charge in [-0.1, -0.05) is 0 Å². The van der Waals surface area contributed by atoms with Gasteiger partial charge in [-0.15, -0.1) is 0 Å². The van der Waals surface area contributed by atoms with E-state index in [2.05, 4.69) is 25.2 Å². The Morgan fingerprint density at radius 3 is 2.91 bits per heavy atom. The van der Waals surface area contributed by atoms with Crippen LogP contribution in [0.3, 0.4) is 0 Å². The summed E-state index contributed by atoms with van der Waals surface area (Å²) in [6.07, 6.45) is 5.02. The van der Waals surface area contributed by atoms with E-state index in [4.69, 9.17) is 0 Å². The molecule has 0 fully saturated rings. The molecule has 7 heteroatoms. The van der Waals surface area contributed by atoms with Crippen molar-refractivity contribution in [2.75, 3.05) is 32.5 Å². The summed E-state index contributed by atoms with van der Waals surface area (Å²) < 4.78 is 0. The van der Waals surface area contributed by atoms with Gasteiger partial charge >= 0.3 is 0 Å². The molecule has 0 saturated carbocycles. The summed E-state index contributed by atoms with van der Waals surface area (Å²) in [6, 6.07) is 3.68. The maximum atomic E-state index is 12.3. The molecule has 0 saturated heterocycles. The van der Waals surface area contributed by atoms with Gasteiger partial charge < -0.3 is 15.1 Å². The van der Waals surface area contributed by atoms with Gasteiger partial charge in [0.05, 0.1) is 36.2 Å². The lowest BCUT2D eigenvalue weighted by Crippen LogP contribution is -2.31. The first-order valence-corrected chi connectivity index (χ1v) is 7.56. The number of amides is 1. The van der Waals surface area contributed by atoms with E-state index in [0.29, 0.717) is 25.2 Å². The number of carbonyl (C=O) groups excluding carboxylic acids is 1. The van der Waals surface area contributed by atoms with E-state index in [1.807, 2.05) is 31.1 Å². The van der Waals surface area contributed by atoms with E-state index < -0.39 is 0 Å². The van der Waals surface area contributed by atoms with Gasteiger partial charge in [-0.2, -0.15) is 0 Å². The smallest absolute Gasteiger partial charge is 0.256 e. The number of hydrogen-bond acceptors (Lipinski definition) is 6. The maximum absolute atomic E-state index is 12.3. The minimum Gasteiger partial charge on any atom is -0.364 e. The van der Waals surface area contributed by atoms with Crippen LogP contribution in [0.4, 0.5) is 5.82 Å². The summed E-state index contributed by atoms with van der Waals surface area (Å²) in [5.41, 5.74) is 2.38. The number of nitrogens with zero attached hydrogens (tertiary/aromatic N) is 5. The summed E-state index contributed by atoms with van der Waals surface area (Å²) in [5, 5.41) is 3.22. The van der Waals surface area contributed by atoms with Gasteiger partial charge in [0.2, 0.25) is 0 Å². The number of anilines is 1. The second-order valence-electron chi connectivity index (χ2n) is 5.77. The van der Waals surface area contributed by atoms with E-state index in [9.17, 15) is 4.79 Å². The number of carbonyl (C=O) groups is 1. The number of nitrogens with one attached hydrogen (secondary N) is 1. The van der Waals surface area contributed by atoms with Gasteiger partial charge in [0.25, 0.3) is 5.91 Å². The number of rotatable bonds is 6. The fourth-order valence-electron chi connectivity index (χ4n) is 2.44. The standard InChI is InChI=1S/C16H20N6O/c1-21(2)7-8-22-11-14-13(16(22)23)3-4-15(20-14)19-10-12-9-17-5-6-18-12/h3-6,9H,7-8,10-11H2,1-2H3,(H,19,20). The molecule has 1 aliphatic heterocycles. The third-order valence-corrected chi connectivity index (χ3v) is 3.72. The molecular formula is C16H20N6O. The fourth-order valence-corrected chi connectivity index (χ4v) is 2.44. The van der Waals surface area contributed by atoms with Crippen molar-refractivity contribution in [1.82, 2.24) is 24.8 Å². The Bertz CT molecular complexity index is 688. The summed E-state index contributed by atoms with van der Waals surface area (Å²) in [7, 11) is 4.00. The molecule has 1 aliphatic rings.